The number of nitrogens with zero attached hydrogens (tertiary/aromatic N) is 1. The fourth-order valence-electron chi connectivity index (χ4n) is 4.42. The van der Waals surface area contributed by atoms with E-state index in [1.165, 1.54) is 29.6 Å². The maximum Gasteiger partial charge on any atom is 0.251 e. The zero-order chi connectivity index (χ0) is 11.9. The van der Waals surface area contributed by atoms with Gasteiger partial charge >= 0.3 is 0 Å². The molecule has 1 amide bonds. The van der Waals surface area contributed by atoms with Gasteiger partial charge in [-0.2, -0.15) is 0 Å². The Bertz CT molecular complexity index is 495. The van der Waals surface area contributed by atoms with E-state index in [0.717, 1.165) is 6.54 Å². The molecule has 2 nitrogen and oxygen atoms in total. The molecule has 0 saturated heterocycles. The number of hydrogen-bond acceptors (Lipinski definition) is 1. The first kappa shape index (κ1) is 9.93. The van der Waals surface area contributed by atoms with E-state index in [0.29, 0.717) is 23.7 Å². The Kier molecular flexibility index (Phi) is 1.56. The van der Waals surface area contributed by atoms with Gasteiger partial charge < -0.3 is 4.90 Å². The van der Waals surface area contributed by atoms with Crippen LogP contribution in [-0.4, -0.2) is 22.9 Å². The first-order valence-electron chi connectivity index (χ1n) is 6.86. The molecular weight excluding hydrogens is 210 g/mol. The summed E-state index contributed by atoms with van der Waals surface area (Å²) in [5, 5.41) is 0. The van der Waals surface area contributed by atoms with Crippen LogP contribution in [0.1, 0.15) is 33.6 Å². The number of likely N-dealkylation sites (N-methyl/N-ethyl adjacent to an activating group) is 1. The summed E-state index contributed by atoms with van der Waals surface area (Å²) in [6, 6.07) is 0. The maximum atomic E-state index is 12.6. The van der Waals surface area contributed by atoms with E-state index in [1.54, 1.807) is 0 Å². The molecule has 0 bridgehead atoms. The second-order valence-electron chi connectivity index (χ2n) is 6.21. The molecule has 0 aromatic carbocycles. The van der Waals surface area contributed by atoms with Crippen molar-refractivity contribution in [2.45, 2.75) is 39.2 Å². The van der Waals surface area contributed by atoms with Gasteiger partial charge in [-0.25, -0.2) is 0 Å². The van der Waals surface area contributed by atoms with Crippen LogP contribution in [0.4, 0.5) is 0 Å². The van der Waals surface area contributed by atoms with Crippen molar-refractivity contribution in [1.29, 1.82) is 0 Å². The van der Waals surface area contributed by atoms with Crippen molar-refractivity contribution < 1.29 is 4.79 Å². The van der Waals surface area contributed by atoms with Crippen LogP contribution in [0.15, 0.2) is 22.8 Å². The van der Waals surface area contributed by atoms with Gasteiger partial charge in [-0.3, -0.25) is 4.79 Å². The highest BCUT2D eigenvalue weighted by atomic mass is 16.2. The molecule has 1 spiro atoms. The minimum atomic E-state index is 0.135. The number of allylic oxidation sites excluding steroid dienone is 1. The lowest BCUT2D eigenvalue weighted by molar-refractivity contribution is -0.127. The summed E-state index contributed by atoms with van der Waals surface area (Å²) in [5.74, 6) is 2.26. The largest absolute Gasteiger partial charge is 0.329 e. The summed E-state index contributed by atoms with van der Waals surface area (Å²) >= 11 is 0. The van der Waals surface area contributed by atoms with Crippen molar-refractivity contribution in [3.8, 4) is 0 Å². The van der Waals surface area contributed by atoms with Gasteiger partial charge in [-0.05, 0) is 50.0 Å². The highest BCUT2D eigenvalue weighted by Crippen LogP contribution is 2.65. The van der Waals surface area contributed by atoms with Crippen LogP contribution in [0.5, 0.6) is 0 Å². The SMILES string of the molecule is CCN1C(=O)C2=C(C=C(C)C3C(C)C23)C12CC2. The summed E-state index contributed by atoms with van der Waals surface area (Å²) < 4.78 is 0. The van der Waals surface area contributed by atoms with E-state index in [4.69, 9.17) is 0 Å². The Labute approximate surface area is 102 Å². The van der Waals surface area contributed by atoms with Crippen LogP contribution in [0, 0.1) is 17.8 Å². The molecule has 2 fully saturated rings. The standard InChI is InChI=1S/C15H19NO/c1-4-16-14(17)13-10(15(16)5-6-15)7-8(2)11-9(3)12(11)13/h7,9,11-12H,4-6H2,1-3H3. The Morgan fingerprint density at radius 1 is 1.41 bits per heavy atom. The summed E-state index contributed by atoms with van der Waals surface area (Å²) in [6.07, 6.45) is 4.71. The zero-order valence-electron chi connectivity index (χ0n) is 10.8. The molecule has 4 rings (SSSR count). The average Bonchev–Trinajstić information content (AvgIpc) is 3.16. The number of hydrogen-bond donors (Lipinski definition) is 0. The van der Waals surface area contributed by atoms with E-state index < -0.39 is 0 Å². The van der Waals surface area contributed by atoms with Gasteiger partial charge in [0.05, 0.1) is 5.54 Å². The molecule has 3 aliphatic carbocycles. The third kappa shape index (κ3) is 0.929. The van der Waals surface area contributed by atoms with Crippen LogP contribution in [0.2, 0.25) is 0 Å². The van der Waals surface area contributed by atoms with E-state index in [9.17, 15) is 4.79 Å². The maximum absolute atomic E-state index is 12.6. The van der Waals surface area contributed by atoms with Gasteiger partial charge in [0.15, 0.2) is 0 Å². The lowest BCUT2D eigenvalue weighted by Gasteiger charge is -2.24. The quantitative estimate of drug-likeness (QED) is 0.676. The van der Waals surface area contributed by atoms with E-state index in [2.05, 4.69) is 31.7 Å². The minimum Gasteiger partial charge on any atom is -0.329 e. The van der Waals surface area contributed by atoms with E-state index in [1.807, 2.05) is 0 Å². The molecule has 0 radical (unpaired) electrons. The Morgan fingerprint density at radius 2 is 2.12 bits per heavy atom. The molecule has 17 heavy (non-hydrogen) atoms. The molecule has 0 aromatic heterocycles. The first-order valence-corrected chi connectivity index (χ1v) is 6.86. The normalized spacial score (nSPS) is 40.4. The molecule has 0 N–H and O–H groups in total. The number of carbonyl (C=O) groups excluding carboxylic acids is 1. The van der Waals surface area contributed by atoms with E-state index >= 15 is 0 Å². The predicted octanol–water partition coefficient (Wildman–Crippen LogP) is 2.52. The molecule has 1 aliphatic heterocycles. The summed E-state index contributed by atoms with van der Waals surface area (Å²) in [6.45, 7) is 7.52. The van der Waals surface area contributed by atoms with Gasteiger partial charge in [0, 0.05) is 12.1 Å². The summed E-state index contributed by atoms with van der Waals surface area (Å²) in [4.78, 5) is 14.7. The van der Waals surface area contributed by atoms with Crippen LogP contribution >= 0.6 is 0 Å². The Morgan fingerprint density at radius 3 is 2.71 bits per heavy atom. The van der Waals surface area contributed by atoms with Gasteiger partial charge in [-0.15, -0.1) is 0 Å². The molecule has 3 unspecified atom stereocenters. The van der Waals surface area contributed by atoms with Crippen LogP contribution in [0.25, 0.3) is 0 Å². The van der Waals surface area contributed by atoms with Crippen molar-refractivity contribution in [2.75, 3.05) is 6.54 Å². The smallest absolute Gasteiger partial charge is 0.251 e. The number of fused-ring (bicyclic) bond motifs is 3. The highest BCUT2D eigenvalue weighted by Gasteiger charge is 2.65. The number of amides is 1. The molecule has 2 heteroatoms. The third-order valence-electron chi connectivity index (χ3n) is 5.43. The molecule has 4 aliphatic rings. The molecule has 1 heterocycles. The van der Waals surface area contributed by atoms with Gasteiger partial charge in [-0.1, -0.05) is 18.6 Å². The third-order valence-corrected chi connectivity index (χ3v) is 5.43. The zero-order valence-corrected chi connectivity index (χ0v) is 10.8. The van der Waals surface area contributed by atoms with Crippen LogP contribution < -0.4 is 0 Å². The molecule has 90 valence electrons. The fraction of sp³-hybridized carbons (Fsp3) is 0.667. The molecular formula is C15H19NO. The van der Waals surface area contributed by atoms with Crippen molar-refractivity contribution in [1.82, 2.24) is 4.90 Å². The average molecular weight is 229 g/mol. The summed E-state index contributed by atoms with van der Waals surface area (Å²) in [5.41, 5.74) is 4.23. The fourth-order valence-corrected chi connectivity index (χ4v) is 4.42. The second kappa shape index (κ2) is 2.68. The number of rotatable bonds is 1. The van der Waals surface area contributed by atoms with Gasteiger partial charge in [0.2, 0.25) is 0 Å². The van der Waals surface area contributed by atoms with Gasteiger partial charge in [0.1, 0.15) is 0 Å². The Balaban J connectivity index is 1.88. The van der Waals surface area contributed by atoms with Crippen LogP contribution in [-0.2, 0) is 4.79 Å². The predicted molar refractivity (Wildman–Crippen MR) is 66.3 cm³/mol. The van der Waals surface area contributed by atoms with Gasteiger partial charge in [0.25, 0.3) is 5.91 Å². The second-order valence-corrected chi connectivity index (χ2v) is 6.21. The topological polar surface area (TPSA) is 20.3 Å². The number of carbonyl (C=O) groups is 1. The first-order chi connectivity index (χ1) is 8.12. The molecule has 3 atom stereocenters. The molecule has 2 saturated carbocycles. The van der Waals surface area contributed by atoms with E-state index in [-0.39, 0.29) is 5.54 Å². The Hall–Kier alpha value is -1.05. The summed E-state index contributed by atoms with van der Waals surface area (Å²) in [7, 11) is 0. The van der Waals surface area contributed by atoms with Crippen molar-refractivity contribution in [3.63, 3.8) is 0 Å². The highest BCUT2D eigenvalue weighted by molar-refractivity contribution is 6.02. The van der Waals surface area contributed by atoms with Crippen molar-refractivity contribution >= 4 is 5.91 Å². The monoisotopic (exact) mass is 229 g/mol. The van der Waals surface area contributed by atoms with Crippen LogP contribution in [0.3, 0.4) is 0 Å². The lowest BCUT2D eigenvalue weighted by atomic mass is 9.91. The van der Waals surface area contributed by atoms with Crippen molar-refractivity contribution in [3.05, 3.63) is 22.8 Å². The minimum absolute atomic E-state index is 0.135. The lowest BCUT2D eigenvalue weighted by Crippen LogP contribution is -2.37. The van der Waals surface area contributed by atoms with Crippen molar-refractivity contribution in [2.24, 2.45) is 17.8 Å². The molecule has 0 aromatic rings.